The van der Waals surface area contributed by atoms with Gasteiger partial charge in [-0.05, 0) is 46.8 Å². The Labute approximate surface area is 110 Å². The highest BCUT2D eigenvalue weighted by molar-refractivity contribution is 9.10. The Bertz CT molecular complexity index is 361. The van der Waals surface area contributed by atoms with Crippen molar-refractivity contribution in [1.29, 1.82) is 0 Å². The number of halogens is 1. The highest BCUT2D eigenvalue weighted by Gasteiger charge is 2.43. The van der Waals surface area contributed by atoms with Crippen molar-refractivity contribution in [2.75, 3.05) is 6.54 Å². The second-order valence-corrected chi connectivity index (χ2v) is 6.97. The van der Waals surface area contributed by atoms with Gasteiger partial charge in [-0.3, -0.25) is 0 Å². The lowest BCUT2D eigenvalue weighted by atomic mass is 9.73. The maximum absolute atomic E-state index is 5.95. The maximum atomic E-state index is 5.95. The van der Waals surface area contributed by atoms with Gasteiger partial charge in [-0.15, -0.1) is 11.8 Å². The van der Waals surface area contributed by atoms with E-state index in [1.54, 1.807) is 0 Å². The third-order valence-electron chi connectivity index (χ3n) is 3.43. The highest BCUT2D eigenvalue weighted by atomic mass is 79.9. The van der Waals surface area contributed by atoms with Crippen LogP contribution in [0, 0.1) is 5.92 Å². The number of benzene rings is 1. The second kappa shape index (κ2) is 5.11. The smallest absolute Gasteiger partial charge is 0.0335 e. The summed E-state index contributed by atoms with van der Waals surface area (Å²) in [6.07, 6.45) is 3.83. The van der Waals surface area contributed by atoms with Crippen molar-refractivity contribution in [3.8, 4) is 0 Å². The molecule has 0 amide bonds. The predicted octanol–water partition coefficient (Wildman–Crippen LogP) is 4.06. The van der Waals surface area contributed by atoms with Crippen LogP contribution in [0.25, 0.3) is 0 Å². The molecular formula is C13H18BrNS. The lowest BCUT2D eigenvalue weighted by Crippen LogP contribution is -2.46. The van der Waals surface area contributed by atoms with E-state index in [2.05, 4.69) is 47.1 Å². The summed E-state index contributed by atoms with van der Waals surface area (Å²) in [7, 11) is 0. The largest absolute Gasteiger partial charge is 0.329 e. The van der Waals surface area contributed by atoms with Crippen molar-refractivity contribution in [3.63, 3.8) is 0 Å². The number of hydrogen-bond donors (Lipinski definition) is 1. The van der Waals surface area contributed by atoms with Crippen molar-refractivity contribution in [3.05, 3.63) is 28.7 Å². The van der Waals surface area contributed by atoms with E-state index in [9.17, 15) is 0 Å². The molecule has 0 heterocycles. The van der Waals surface area contributed by atoms with Crippen LogP contribution < -0.4 is 5.73 Å². The van der Waals surface area contributed by atoms with Gasteiger partial charge in [0.05, 0.1) is 0 Å². The first-order chi connectivity index (χ1) is 7.69. The molecule has 3 heteroatoms. The van der Waals surface area contributed by atoms with Gasteiger partial charge in [-0.25, -0.2) is 0 Å². The molecule has 0 bridgehead atoms. The Balaban J connectivity index is 2.06. The van der Waals surface area contributed by atoms with Gasteiger partial charge in [-0.2, -0.15) is 0 Å². The van der Waals surface area contributed by atoms with E-state index in [0.29, 0.717) is 4.75 Å². The second-order valence-electron chi connectivity index (χ2n) is 4.60. The summed E-state index contributed by atoms with van der Waals surface area (Å²) in [4.78, 5) is 1.32. The minimum Gasteiger partial charge on any atom is -0.329 e. The van der Waals surface area contributed by atoms with Crippen LogP contribution in [0.5, 0.6) is 0 Å². The van der Waals surface area contributed by atoms with E-state index in [1.165, 1.54) is 28.6 Å². The zero-order valence-corrected chi connectivity index (χ0v) is 12.0. The minimum absolute atomic E-state index is 0.296. The maximum Gasteiger partial charge on any atom is 0.0335 e. The molecule has 1 fully saturated rings. The first kappa shape index (κ1) is 12.5. The molecule has 0 spiro atoms. The van der Waals surface area contributed by atoms with Crippen molar-refractivity contribution in [2.45, 2.75) is 35.8 Å². The van der Waals surface area contributed by atoms with Crippen LogP contribution in [0.15, 0.2) is 33.6 Å². The monoisotopic (exact) mass is 299 g/mol. The Morgan fingerprint density at radius 1 is 1.44 bits per heavy atom. The highest BCUT2D eigenvalue weighted by Crippen LogP contribution is 2.52. The first-order valence-corrected chi connectivity index (χ1v) is 7.43. The van der Waals surface area contributed by atoms with E-state index in [1.807, 2.05) is 11.8 Å². The van der Waals surface area contributed by atoms with Gasteiger partial charge in [0.2, 0.25) is 0 Å². The number of nitrogens with two attached hydrogens (primary N) is 1. The summed E-state index contributed by atoms with van der Waals surface area (Å²) in [6.45, 7) is 3.06. The Morgan fingerprint density at radius 2 is 2.12 bits per heavy atom. The van der Waals surface area contributed by atoms with Crippen molar-refractivity contribution in [1.82, 2.24) is 0 Å². The van der Waals surface area contributed by atoms with Crippen LogP contribution >= 0.6 is 27.7 Å². The van der Waals surface area contributed by atoms with Gasteiger partial charge in [0.25, 0.3) is 0 Å². The zero-order chi connectivity index (χ0) is 11.6. The molecular weight excluding hydrogens is 282 g/mol. The number of hydrogen-bond acceptors (Lipinski definition) is 2. The predicted molar refractivity (Wildman–Crippen MR) is 74.8 cm³/mol. The topological polar surface area (TPSA) is 26.0 Å². The van der Waals surface area contributed by atoms with E-state index in [0.717, 1.165) is 12.5 Å². The van der Waals surface area contributed by atoms with Crippen LogP contribution in [-0.4, -0.2) is 11.3 Å². The molecule has 0 aromatic heterocycles. The quantitative estimate of drug-likeness (QED) is 0.907. The SMILES string of the molecule is CCC1CC(CN)(Sc2ccccc2Br)C1. The molecule has 0 aliphatic heterocycles. The van der Waals surface area contributed by atoms with E-state index in [-0.39, 0.29) is 0 Å². The molecule has 0 unspecified atom stereocenters. The van der Waals surface area contributed by atoms with Gasteiger partial charge < -0.3 is 5.73 Å². The van der Waals surface area contributed by atoms with Crippen LogP contribution in [-0.2, 0) is 0 Å². The number of thioether (sulfide) groups is 1. The fourth-order valence-corrected chi connectivity index (χ4v) is 4.36. The molecule has 16 heavy (non-hydrogen) atoms. The lowest BCUT2D eigenvalue weighted by molar-refractivity contribution is 0.229. The van der Waals surface area contributed by atoms with Gasteiger partial charge in [0.15, 0.2) is 0 Å². The summed E-state index contributed by atoms with van der Waals surface area (Å²) < 4.78 is 1.48. The molecule has 1 nitrogen and oxygen atoms in total. The van der Waals surface area contributed by atoms with Gasteiger partial charge in [0, 0.05) is 20.7 Å². The summed E-state index contributed by atoms with van der Waals surface area (Å²) in [6, 6.07) is 8.42. The van der Waals surface area contributed by atoms with Crippen LogP contribution in [0.2, 0.25) is 0 Å². The Hall–Kier alpha value is 0.01000. The molecule has 88 valence electrons. The summed E-state index contributed by atoms with van der Waals surface area (Å²) >= 11 is 5.55. The average molecular weight is 300 g/mol. The average Bonchev–Trinajstić information content (AvgIpc) is 2.25. The van der Waals surface area contributed by atoms with Crippen LogP contribution in [0.3, 0.4) is 0 Å². The normalized spacial score (nSPS) is 28.8. The lowest BCUT2D eigenvalue weighted by Gasteiger charge is -2.46. The first-order valence-electron chi connectivity index (χ1n) is 5.83. The van der Waals surface area contributed by atoms with Gasteiger partial charge in [0.1, 0.15) is 0 Å². The molecule has 0 saturated heterocycles. The van der Waals surface area contributed by atoms with E-state index >= 15 is 0 Å². The van der Waals surface area contributed by atoms with E-state index in [4.69, 9.17) is 5.73 Å². The molecule has 2 N–H and O–H groups in total. The van der Waals surface area contributed by atoms with Gasteiger partial charge in [-0.1, -0.05) is 25.5 Å². The molecule has 1 saturated carbocycles. The van der Waals surface area contributed by atoms with E-state index < -0.39 is 0 Å². The Morgan fingerprint density at radius 3 is 2.69 bits per heavy atom. The van der Waals surface area contributed by atoms with Gasteiger partial charge >= 0.3 is 0 Å². The van der Waals surface area contributed by atoms with Crippen LogP contribution in [0.4, 0.5) is 0 Å². The van der Waals surface area contributed by atoms with Crippen LogP contribution in [0.1, 0.15) is 26.2 Å². The molecule has 1 aliphatic carbocycles. The minimum atomic E-state index is 0.296. The number of rotatable bonds is 4. The molecule has 0 atom stereocenters. The molecule has 1 aromatic rings. The molecule has 0 radical (unpaired) electrons. The van der Waals surface area contributed by atoms with Crippen molar-refractivity contribution >= 4 is 27.7 Å². The third-order valence-corrected chi connectivity index (χ3v) is 5.90. The van der Waals surface area contributed by atoms with Crippen molar-refractivity contribution in [2.24, 2.45) is 11.7 Å². The molecule has 1 aliphatic rings. The molecule has 2 rings (SSSR count). The zero-order valence-electron chi connectivity index (χ0n) is 9.58. The summed E-state index contributed by atoms with van der Waals surface area (Å²) in [5.41, 5.74) is 5.95. The summed E-state index contributed by atoms with van der Waals surface area (Å²) in [5.74, 6) is 0.888. The fourth-order valence-electron chi connectivity index (χ4n) is 2.33. The standard InChI is InChI=1S/C13H18BrNS/c1-2-10-7-13(8-10,9-15)16-12-6-4-3-5-11(12)14/h3-6,10H,2,7-9,15H2,1H3. The van der Waals surface area contributed by atoms with Crippen molar-refractivity contribution < 1.29 is 0 Å². The fraction of sp³-hybridized carbons (Fsp3) is 0.538. The molecule has 1 aromatic carbocycles. The Kier molecular flexibility index (Phi) is 3.98. The third kappa shape index (κ3) is 2.47. The summed E-state index contributed by atoms with van der Waals surface area (Å²) in [5, 5.41) is 0.